The molecule has 0 saturated heterocycles. The molecule has 0 saturated carbocycles. The van der Waals surface area contributed by atoms with Crippen LogP contribution in [0.1, 0.15) is 10.4 Å². The summed E-state index contributed by atoms with van der Waals surface area (Å²) in [5, 5.41) is 13.9. The largest absolute Gasteiger partial charge is 0.461 e. The van der Waals surface area contributed by atoms with Crippen molar-refractivity contribution >= 4 is 24.5 Å². The molecule has 1 heterocycles. The number of aromatic nitrogens is 4. The van der Waals surface area contributed by atoms with Gasteiger partial charge in [-0.1, -0.05) is 6.58 Å². The minimum absolute atomic E-state index is 0.0856. The first-order valence-corrected chi connectivity index (χ1v) is 6.71. The van der Waals surface area contributed by atoms with Gasteiger partial charge in [-0.15, -0.1) is 17.7 Å². The van der Waals surface area contributed by atoms with Crippen LogP contribution in [0.4, 0.5) is 0 Å². The second-order valence-electron chi connectivity index (χ2n) is 4.07. The zero-order valence-electron chi connectivity index (χ0n) is 11.5. The van der Waals surface area contributed by atoms with Gasteiger partial charge in [0.15, 0.2) is 0 Å². The molecule has 1 aromatic heterocycles. The number of rotatable bonds is 6. The number of hydrogen-bond donors (Lipinski definition) is 2. The van der Waals surface area contributed by atoms with Crippen LogP contribution in [0.15, 0.2) is 42.1 Å². The molecule has 0 bridgehead atoms. The number of thiol groups is 1. The summed E-state index contributed by atoms with van der Waals surface area (Å²) in [6.07, 6.45) is 1.06. The van der Waals surface area contributed by atoms with E-state index in [-0.39, 0.29) is 19.1 Å². The summed E-state index contributed by atoms with van der Waals surface area (Å²) in [6, 6.07) is 6.66. The fraction of sp³-hybridized carbons (Fsp3) is 0.154. The summed E-state index contributed by atoms with van der Waals surface area (Å²) in [5.41, 5.74) is 1.15. The normalized spacial score (nSPS) is 10.0. The van der Waals surface area contributed by atoms with E-state index < -0.39 is 5.97 Å². The summed E-state index contributed by atoms with van der Waals surface area (Å²) >= 11 is 4.11. The molecule has 1 amide bonds. The van der Waals surface area contributed by atoms with Gasteiger partial charge < -0.3 is 10.1 Å². The Morgan fingerprint density at radius 2 is 2.09 bits per heavy atom. The Hall–Kier alpha value is -2.68. The van der Waals surface area contributed by atoms with Crippen LogP contribution in [-0.4, -0.2) is 45.2 Å². The quantitative estimate of drug-likeness (QED) is 0.346. The number of hydrogen-bond acceptors (Lipinski definition) is 7. The van der Waals surface area contributed by atoms with Crippen LogP contribution >= 0.6 is 12.6 Å². The summed E-state index contributed by atoms with van der Waals surface area (Å²) in [5.74, 6) is -0.799. The van der Waals surface area contributed by atoms with Gasteiger partial charge in [0.05, 0.1) is 12.2 Å². The number of esters is 1. The molecule has 0 aliphatic carbocycles. The molecule has 0 fully saturated rings. The van der Waals surface area contributed by atoms with Crippen molar-refractivity contribution in [1.29, 1.82) is 0 Å². The number of carbonyl (C=O) groups excluding carboxylic acids is 2. The first kappa shape index (κ1) is 15.7. The zero-order valence-corrected chi connectivity index (χ0v) is 12.4. The highest BCUT2D eigenvalue weighted by atomic mass is 32.1. The summed E-state index contributed by atoms with van der Waals surface area (Å²) in [4.78, 5) is 22.7. The summed E-state index contributed by atoms with van der Waals surface area (Å²) in [7, 11) is 0. The van der Waals surface area contributed by atoms with Gasteiger partial charge in [0.25, 0.3) is 5.91 Å². The van der Waals surface area contributed by atoms with Crippen LogP contribution in [-0.2, 0) is 9.53 Å². The molecule has 9 heteroatoms. The van der Waals surface area contributed by atoms with E-state index in [2.05, 4.69) is 40.0 Å². The van der Waals surface area contributed by atoms with Gasteiger partial charge in [-0.3, -0.25) is 4.79 Å². The molecule has 0 unspecified atom stereocenters. The van der Waals surface area contributed by atoms with Crippen molar-refractivity contribution in [3.05, 3.63) is 42.5 Å². The van der Waals surface area contributed by atoms with Crippen molar-refractivity contribution in [3.8, 4) is 5.69 Å². The van der Waals surface area contributed by atoms with Crippen LogP contribution in [0.2, 0.25) is 0 Å². The number of nitrogens with zero attached hydrogens (tertiary/aromatic N) is 4. The third-order valence-electron chi connectivity index (χ3n) is 2.63. The Bertz CT molecular complexity index is 683. The number of amides is 1. The van der Waals surface area contributed by atoms with Crippen molar-refractivity contribution in [2.24, 2.45) is 0 Å². The maximum atomic E-state index is 11.9. The minimum atomic E-state index is -0.525. The molecule has 22 heavy (non-hydrogen) atoms. The predicted molar refractivity (Wildman–Crippen MR) is 79.9 cm³/mol. The molecule has 114 valence electrons. The molecule has 0 spiro atoms. The maximum Gasteiger partial charge on any atom is 0.330 e. The van der Waals surface area contributed by atoms with Crippen LogP contribution in [0.3, 0.4) is 0 Å². The molecule has 1 aromatic carbocycles. The smallest absolute Gasteiger partial charge is 0.330 e. The van der Waals surface area contributed by atoms with Crippen LogP contribution in [0.25, 0.3) is 5.69 Å². The first-order valence-electron chi connectivity index (χ1n) is 6.27. The van der Waals surface area contributed by atoms with Gasteiger partial charge in [0.1, 0.15) is 6.61 Å². The summed E-state index contributed by atoms with van der Waals surface area (Å²) < 4.78 is 6.18. The van der Waals surface area contributed by atoms with E-state index in [1.165, 1.54) is 4.68 Å². The lowest BCUT2D eigenvalue weighted by Gasteiger charge is -2.06. The second kappa shape index (κ2) is 7.36. The molecule has 0 aliphatic rings. The topological polar surface area (TPSA) is 99.0 Å². The Labute approximate surface area is 131 Å². The van der Waals surface area contributed by atoms with E-state index in [4.69, 9.17) is 4.74 Å². The van der Waals surface area contributed by atoms with Crippen molar-refractivity contribution in [2.45, 2.75) is 5.16 Å². The van der Waals surface area contributed by atoms with Crippen molar-refractivity contribution in [2.75, 3.05) is 13.2 Å². The Kier molecular flexibility index (Phi) is 5.26. The van der Waals surface area contributed by atoms with Crippen LogP contribution in [0, 0.1) is 0 Å². The lowest BCUT2D eigenvalue weighted by Crippen LogP contribution is -2.27. The fourth-order valence-corrected chi connectivity index (χ4v) is 1.78. The van der Waals surface area contributed by atoms with Gasteiger partial charge >= 0.3 is 5.97 Å². The number of benzene rings is 1. The number of tetrazole rings is 1. The molecule has 0 atom stereocenters. The monoisotopic (exact) mass is 319 g/mol. The third-order valence-corrected chi connectivity index (χ3v) is 2.90. The average Bonchev–Trinajstić information content (AvgIpc) is 2.97. The van der Waals surface area contributed by atoms with Crippen molar-refractivity contribution in [3.63, 3.8) is 0 Å². The molecule has 0 radical (unpaired) electrons. The maximum absolute atomic E-state index is 11.9. The number of ether oxygens (including phenoxy) is 1. The molecule has 8 nitrogen and oxygen atoms in total. The van der Waals surface area contributed by atoms with Gasteiger partial charge in [-0.2, -0.15) is 4.68 Å². The molecule has 2 rings (SSSR count). The molecule has 0 aliphatic heterocycles. The van der Waals surface area contributed by atoms with Gasteiger partial charge in [0, 0.05) is 11.6 Å². The number of nitrogens with one attached hydrogen (secondary N) is 1. The minimum Gasteiger partial charge on any atom is -0.461 e. The fourth-order valence-electron chi connectivity index (χ4n) is 1.58. The standard InChI is InChI=1S/C13H13N5O3S/c1-2-11(19)21-8-7-14-12(20)9-3-5-10(6-4-9)18-13(22)15-16-17-18/h2-6H,1,7-8H2,(H,14,20)(H,15,17,22). The lowest BCUT2D eigenvalue weighted by molar-refractivity contribution is -0.137. The Morgan fingerprint density at radius 3 is 2.68 bits per heavy atom. The second-order valence-corrected chi connectivity index (χ2v) is 4.47. The van der Waals surface area contributed by atoms with E-state index in [0.29, 0.717) is 16.4 Å². The molecular weight excluding hydrogens is 306 g/mol. The van der Waals surface area contributed by atoms with Crippen molar-refractivity contribution < 1.29 is 14.3 Å². The molecule has 1 N–H and O–H groups in total. The van der Waals surface area contributed by atoms with E-state index in [1.807, 2.05) is 0 Å². The Morgan fingerprint density at radius 1 is 1.36 bits per heavy atom. The molecular formula is C13H13N5O3S. The van der Waals surface area contributed by atoms with Gasteiger partial charge in [0.2, 0.25) is 5.16 Å². The third kappa shape index (κ3) is 3.92. The highest BCUT2D eigenvalue weighted by Gasteiger charge is 2.08. The average molecular weight is 319 g/mol. The zero-order chi connectivity index (χ0) is 15.9. The van der Waals surface area contributed by atoms with Gasteiger partial charge in [-0.05, 0) is 34.7 Å². The Balaban J connectivity index is 1.90. The highest BCUT2D eigenvalue weighted by Crippen LogP contribution is 2.11. The lowest BCUT2D eigenvalue weighted by atomic mass is 10.2. The predicted octanol–water partition coefficient (Wildman–Crippen LogP) is 0.410. The van der Waals surface area contributed by atoms with E-state index in [9.17, 15) is 9.59 Å². The SMILES string of the molecule is C=CC(=O)OCCNC(=O)c1ccc(-n2nnnc2S)cc1. The van der Waals surface area contributed by atoms with E-state index >= 15 is 0 Å². The first-order chi connectivity index (χ1) is 10.6. The van der Waals surface area contributed by atoms with Gasteiger partial charge in [-0.25, -0.2) is 4.79 Å². The highest BCUT2D eigenvalue weighted by molar-refractivity contribution is 7.80. The van der Waals surface area contributed by atoms with E-state index in [0.717, 1.165) is 6.08 Å². The van der Waals surface area contributed by atoms with E-state index in [1.54, 1.807) is 24.3 Å². The summed E-state index contributed by atoms with van der Waals surface area (Å²) in [6.45, 7) is 3.58. The van der Waals surface area contributed by atoms with Crippen LogP contribution in [0.5, 0.6) is 0 Å². The van der Waals surface area contributed by atoms with Crippen molar-refractivity contribution in [1.82, 2.24) is 25.5 Å². The number of carbonyl (C=O) groups is 2. The van der Waals surface area contributed by atoms with Crippen LogP contribution < -0.4 is 5.32 Å². The molecule has 2 aromatic rings.